The second-order valence-electron chi connectivity index (χ2n) is 4.61. The van der Waals surface area contributed by atoms with Crippen molar-refractivity contribution in [3.05, 3.63) is 30.4 Å². The van der Waals surface area contributed by atoms with Gasteiger partial charge in [-0.25, -0.2) is 9.97 Å². The molecule has 1 unspecified atom stereocenters. The van der Waals surface area contributed by atoms with E-state index in [1.165, 1.54) is 6.33 Å². The predicted octanol–water partition coefficient (Wildman–Crippen LogP) is 1.71. The Morgan fingerprint density at radius 1 is 1.42 bits per heavy atom. The number of anilines is 2. The minimum Gasteiger partial charge on any atom is -0.383 e. The van der Waals surface area contributed by atoms with Gasteiger partial charge in [-0.3, -0.25) is 4.68 Å². The van der Waals surface area contributed by atoms with Crippen LogP contribution in [-0.4, -0.2) is 25.8 Å². The lowest BCUT2D eigenvalue weighted by Crippen LogP contribution is -2.24. The Kier molecular flexibility index (Phi) is 4.33. The van der Waals surface area contributed by atoms with Gasteiger partial charge in [-0.05, 0) is 19.4 Å². The van der Waals surface area contributed by atoms with Crippen LogP contribution in [0.4, 0.5) is 11.6 Å². The van der Waals surface area contributed by atoms with Crippen LogP contribution in [0.25, 0.3) is 0 Å². The lowest BCUT2D eigenvalue weighted by atomic mass is 10.1. The third-order valence-corrected chi connectivity index (χ3v) is 2.88. The van der Waals surface area contributed by atoms with Crippen LogP contribution < -0.4 is 11.1 Å². The summed E-state index contributed by atoms with van der Waals surface area (Å²) in [5, 5.41) is 7.58. The second kappa shape index (κ2) is 6.17. The average Bonchev–Trinajstić information content (AvgIpc) is 2.86. The fourth-order valence-electron chi connectivity index (χ4n) is 2.01. The summed E-state index contributed by atoms with van der Waals surface area (Å²) in [7, 11) is 0. The summed E-state index contributed by atoms with van der Waals surface area (Å²) < 4.78 is 1.89. The molecule has 19 heavy (non-hydrogen) atoms. The number of hydrogen-bond acceptors (Lipinski definition) is 5. The molecule has 2 rings (SSSR count). The van der Waals surface area contributed by atoms with Crippen molar-refractivity contribution < 1.29 is 0 Å². The molecule has 0 amide bonds. The first-order valence-electron chi connectivity index (χ1n) is 6.54. The zero-order chi connectivity index (χ0) is 13.7. The molecule has 6 heteroatoms. The zero-order valence-corrected chi connectivity index (χ0v) is 11.4. The number of nitrogens with one attached hydrogen (secondary N) is 1. The topological polar surface area (TPSA) is 81.6 Å². The van der Waals surface area contributed by atoms with Gasteiger partial charge < -0.3 is 11.1 Å². The largest absolute Gasteiger partial charge is 0.383 e. The van der Waals surface area contributed by atoms with Crippen LogP contribution in [0.1, 0.15) is 25.8 Å². The first kappa shape index (κ1) is 13.3. The molecule has 6 nitrogen and oxygen atoms in total. The lowest BCUT2D eigenvalue weighted by molar-refractivity contribution is 0.559. The Morgan fingerprint density at radius 2 is 2.26 bits per heavy atom. The maximum Gasteiger partial charge on any atom is 0.134 e. The maximum atomic E-state index is 5.91. The highest BCUT2D eigenvalue weighted by Gasteiger charge is 2.11. The van der Waals surface area contributed by atoms with Gasteiger partial charge in [0.1, 0.15) is 18.0 Å². The van der Waals surface area contributed by atoms with E-state index in [2.05, 4.69) is 34.2 Å². The molecule has 0 spiro atoms. The quantitative estimate of drug-likeness (QED) is 0.826. The molecule has 3 N–H and O–H groups in total. The van der Waals surface area contributed by atoms with Gasteiger partial charge in [0.15, 0.2) is 0 Å². The summed E-state index contributed by atoms with van der Waals surface area (Å²) in [6.45, 7) is 4.99. The van der Waals surface area contributed by atoms with Gasteiger partial charge in [0.25, 0.3) is 0 Å². The first-order chi connectivity index (χ1) is 9.20. The first-order valence-corrected chi connectivity index (χ1v) is 6.54. The van der Waals surface area contributed by atoms with E-state index >= 15 is 0 Å². The SMILES string of the molecule is CCCc1c(N)ncnc1NC(C)Cn1cccn1. The Balaban J connectivity index is 2.07. The molecule has 0 fully saturated rings. The number of nitrogens with zero attached hydrogens (tertiary/aromatic N) is 4. The van der Waals surface area contributed by atoms with Gasteiger partial charge in [-0.1, -0.05) is 13.3 Å². The van der Waals surface area contributed by atoms with Gasteiger partial charge in [-0.15, -0.1) is 0 Å². The van der Waals surface area contributed by atoms with Gasteiger partial charge in [0, 0.05) is 24.0 Å². The summed E-state index contributed by atoms with van der Waals surface area (Å²) in [4.78, 5) is 8.35. The Labute approximate surface area is 113 Å². The van der Waals surface area contributed by atoms with E-state index in [1.54, 1.807) is 6.20 Å². The monoisotopic (exact) mass is 260 g/mol. The number of rotatable bonds is 6. The molecule has 1 atom stereocenters. The second-order valence-corrected chi connectivity index (χ2v) is 4.61. The average molecular weight is 260 g/mol. The van der Waals surface area contributed by atoms with Crippen molar-refractivity contribution >= 4 is 11.6 Å². The molecule has 0 aliphatic rings. The van der Waals surface area contributed by atoms with Crippen molar-refractivity contribution in [3.63, 3.8) is 0 Å². The van der Waals surface area contributed by atoms with Crippen LogP contribution in [0.5, 0.6) is 0 Å². The summed E-state index contributed by atoms with van der Waals surface area (Å²) >= 11 is 0. The van der Waals surface area contributed by atoms with Crippen LogP contribution in [0.2, 0.25) is 0 Å². The van der Waals surface area contributed by atoms with E-state index in [4.69, 9.17) is 5.73 Å². The van der Waals surface area contributed by atoms with E-state index in [1.807, 2.05) is 16.9 Å². The molecular formula is C13H20N6. The number of hydrogen-bond donors (Lipinski definition) is 2. The van der Waals surface area contributed by atoms with E-state index in [0.717, 1.165) is 30.8 Å². The van der Waals surface area contributed by atoms with Gasteiger partial charge in [0.2, 0.25) is 0 Å². The number of aromatic nitrogens is 4. The molecule has 2 heterocycles. The summed E-state index contributed by atoms with van der Waals surface area (Å²) in [6.07, 6.45) is 7.11. The smallest absolute Gasteiger partial charge is 0.134 e. The molecule has 0 bridgehead atoms. The van der Waals surface area contributed by atoms with Gasteiger partial charge in [0.05, 0.1) is 6.54 Å². The highest BCUT2D eigenvalue weighted by molar-refractivity contribution is 5.55. The summed E-state index contributed by atoms with van der Waals surface area (Å²) in [6, 6.07) is 2.13. The molecule has 2 aromatic rings. The normalized spacial score (nSPS) is 12.3. The lowest BCUT2D eigenvalue weighted by Gasteiger charge is -2.17. The van der Waals surface area contributed by atoms with Crippen molar-refractivity contribution in [1.29, 1.82) is 0 Å². The summed E-state index contributed by atoms with van der Waals surface area (Å²) in [5.74, 6) is 1.39. The molecule has 0 saturated carbocycles. The Bertz CT molecular complexity index is 508. The van der Waals surface area contributed by atoms with Crippen molar-refractivity contribution in [3.8, 4) is 0 Å². The van der Waals surface area contributed by atoms with Crippen LogP contribution in [-0.2, 0) is 13.0 Å². The molecule has 2 aromatic heterocycles. The van der Waals surface area contributed by atoms with Crippen LogP contribution in [0, 0.1) is 0 Å². The van der Waals surface area contributed by atoms with Crippen molar-refractivity contribution in [2.45, 2.75) is 39.3 Å². The van der Waals surface area contributed by atoms with Crippen LogP contribution in [0.3, 0.4) is 0 Å². The predicted molar refractivity (Wildman–Crippen MR) is 75.8 cm³/mol. The van der Waals surface area contributed by atoms with Crippen molar-refractivity contribution in [1.82, 2.24) is 19.7 Å². The summed E-state index contributed by atoms with van der Waals surface area (Å²) in [5.41, 5.74) is 6.91. The van der Waals surface area contributed by atoms with Crippen molar-refractivity contribution in [2.24, 2.45) is 0 Å². The zero-order valence-electron chi connectivity index (χ0n) is 11.4. The molecular weight excluding hydrogens is 240 g/mol. The van der Waals surface area contributed by atoms with Gasteiger partial charge in [-0.2, -0.15) is 5.10 Å². The Hall–Kier alpha value is -2.11. The van der Waals surface area contributed by atoms with E-state index in [-0.39, 0.29) is 6.04 Å². The highest BCUT2D eigenvalue weighted by atomic mass is 15.3. The molecule has 0 aliphatic carbocycles. The number of nitrogen functional groups attached to an aromatic ring is 1. The van der Waals surface area contributed by atoms with Gasteiger partial charge >= 0.3 is 0 Å². The minimum atomic E-state index is 0.213. The molecule has 0 aliphatic heterocycles. The molecule has 0 radical (unpaired) electrons. The third kappa shape index (κ3) is 3.43. The Morgan fingerprint density at radius 3 is 2.95 bits per heavy atom. The number of nitrogens with two attached hydrogens (primary N) is 1. The van der Waals surface area contributed by atoms with Crippen LogP contribution in [0.15, 0.2) is 24.8 Å². The van der Waals surface area contributed by atoms with Crippen LogP contribution >= 0.6 is 0 Å². The molecule has 102 valence electrons. The van der Waals surface area contributed by atoms with E-state index in [0.29, 0.717) is 5.82 Å². The van der Waals surface area contributed by atoms with E-state index in [9.17, 15) is 0 Å². The standard InChI is InChI=1S/C13H20N6/c1-3-5-11-12(14)15-9-16-13(11)18-10(2)8-19-7-4-6-17-19/h4,6-7,9-10H,3,5,8H2,1-2H3,(H3,14,15,16,18). The highest BCUT2D eigenvalue weighted by Crippen LogP contribution is 2.19. The van der Waals surface area contributed by atoms with Crippen molar-refractivity contribution in [2.75, 3.05) is 11.1 Å². The maximum absolute atomic E-state index is 5.91. The fourth-order valence-corrected chi connectivity index (χ4v) is 2.01. The third-order valence-electron chi connectivity index (χ3n) is 2.88. The minimum absolute atomic E-state index is 0.213. The molecule has 0 aromatic carbocycles. The molecule has 0 saturated heterocycles. The fraction of sp³-hybridized carbons (Fsp3) is 0.462. The van der Waals surface area contributed by atoms with E-state index < -0.39 is 0 Å².